The number of pyridine rings is 1. The zero-order chi connectivity index (χ0) is 12.1. The second-order valence-corrected chi connectivity index (χ2v) is 4.50. The van der Waals surface area contributed by atoms with Gasteiger partial charge in [-0.15, -0.1) is 0 Å². The molecule has 1 heterocycles. The van der Waals surface area contributed by atoms with Crippen LogP contribution in [0.4, 0.5) is 0 Å². The zero-order valence-corrected chi connectivity index (χ0v) is 10.3. The molecule has 0 bridgehead atoms. The topological polar surface area (TPSA) is 38.9 Å². The highest BCUT2D eigenvalue weighted by Gasteiger charge is 2.06. The van der Waals surface area contributed by atoms with E-state index in [2.05, 4.69) is 11.1 Å². The predicted molar refractivity (Wildman–Crippen MR) is 70.9 cm³/mol. The number of aryl methyl sites for hydroxylation is 1. The lowest BCUT2D eigenvalue weighted by Crippen LogP contribution is -2.11. The van der Waals surface area contributed by atoms with Gasteiger partial charge in [0.1, 0.15) is 0 Å². The summed E-state index contributed by atoms with van der Waals surface area (Å²) >= 11 is 5.94. The van der Waals surface area contributed by atoms with E-state index in [0.717, 1.165) is 23.4 Å². The van der Waals surface area contributed by atoms with Crippen LogP contribution in [0.1, 0.15) is 23.6 Å². The van der Waals surface area contributed by atoms with Gasteiger partial charge in [-0.25, -0.2) is 0 Å². The van der Waals surface area contributed by atoms with Crippen molar-refractivity contribution in [3.05, 3.63) is 64.9 Å². The van der Waals surface area contributed by atoms with Gasteiger partial charge in [-0.05, 0) is 42.2 Å². The van der Waals surface area contributed by atoms with Crippen LogP contribution in [0.5, 0.6) is 0 Å². The van der Waals surface area contributed by atoms with Gasteiger partial charge in [0, 0.05) is 23.5 Å². The summed E-state index contributed by atoms with van der Waals surface area (Å²) in [6.45, 7) is 0. The zero-order valence-electron chi connectivity index (χ0n) is 9.51. The Balaban J connectivity index is 1.96. The van der Waals surface area contributed by atoms with Crippen molar-refractivity contribution in [1.29, 1.82) is 0 Å². The Morgan fingerprint density at radius 1 is 1.24 bits per heavy atom. The summed E-state index contributed by atoms with van der Waals surface area (Å²) in [7, 11) is 0. The fourth-order valence-corrected chi connectivity index (χ4v) is 1.97. The van der Waals surface area contributed by atoms with Crippen LogP contribution in [0, 0.1) is 0 Å². The molecule has 2 nitrogen and oxygen atoms in total. The first-order valence-electron chi connectivity index (χ1n) is 5.65. The molecule has 0 aliphatic heterocycles. The summed E-state index contributed by atoms with van der Waals surface area (Å²) in [5.74, 6) is 0. The lowest BCUT2D eigenvalue weighted by Gasteiger charge is -2.12. The Hall–Kier alpha value is -1.38. The van der Waals surface area contributed by atoms with Crippen molar-refractivity contribution in [3.8, 4) is 0 Å². The molecule has 1 aromatic heterocycles. The molecule has 0 saturated heterocycles. The third kappa shape index (κ3) is 3.55. The van der Waals surface area contributed by atoms with Crippen molar-refractivity contribution in [2.75, 3.05) is 0 Å². The van der Waals surface area contributed by atoms with Crippen LogP contribution < -0.4 is 5.73 Å². The van der Waals surface area contributed by atoms with Gasteiger partial charge in [0.25, 0.3) is 0 Å². The number of hydrogen-bond donors (Lipinski definition) is 1. The minimum absolute atomic E-state index is 0.0221. The number of hydrogen-bond acceptors (Lipinski definition) is 2. The quantitative estimate of drug-likeness (QED) is 0.898. The van der Waals surface area contributed by atoms with Crippen LogP contribution in [0.2, 0.25) is 5.02 Å². The van der Waals surface area contributed by atoms with Gasteiger partial charge in [-0.3, -0.25) is 4.98 Å². The number of nitrogens with two attached hydrogens (primary N) is 1. The molecule has 2 N–H and O–H groups in total. The molecule has 0 spiro atoms. The third-order valence-corrected chi connectivity index (χ3v) is 2.98. The van der Waals surface area contributed by atoms with Crippen molar-refractivity contribution in [2.24, 2.45) is 5.73 Å². The summed E-state index contributed by atoms with van der Waals surface area (Å²) in [6, 6.07) is 11.8. The van der Waals surface area contributed by atoms with Crippen LogP contribution in [-0.2, 0) is 6.42 Å². The first-order valence-corrected chi connectivity index (χ1v) is 6.03. The normalized spacial score (nSPS) is 12.4. The second-order valence-electron chi connectivity index (χ2n) is 4.06. The van der Waals surface area contributed by atoms with E-state index in [-0.39, 0.29) is 6.04 Å². The number of aromatic nitrogens is 1. The highest BCUT2D eigenvalue weighted by Crippen LogP contribution is 2.19. The minimum atomic E-state index is 0.0221. The monoisotopic (exact) mass is 246 g/mol. The highest BCUT2D eigenvalue weighted by atomic mass is 35.5. The first kappa shape index (κ1) is 12.1. The largest absolute Gasteiger partial charge is 0.324 e. The fraction of sp³-hybridized carbons (Fsp3) is 0.214. The van der Waals surface area contributed by atoms with Gasteiger partial charge < -0.3 is 5.73 Å². The predicted octanol–water partition coefficient (Wildman–Crippen LogP) is 3.37. The molecule has 1 aromatic carbocycles. The van der Waals surface area contributed by atoms with Gasteiger partial charge in [-0.1, -0.05) is 29.8 Å². The van der Waals surface area contributed by atoms with Crippen LogP contribution in [0.25, 0.3) is 0 Å². The summed E-state index contributed by atoms with van der Waals surface area (Å²) in [5, 5.41) is 0.735. The van der Waals surface area contributed by atoms with E-state index in [4.69, 9.17) is 17.3 Å². The summed E-state index contributed by atoms with van der Waals surface area (Å²) in [5.41, 5.74) is 8.43. The maximum atomic E-state index is 6.13. The summed E-state index contributed by atoms with van der Waals surface area (Å²) < 4.78 is 0. The van der Waals surface area contributed by atoms with Crippen LogP contribution in [0.15, 0.2) is 48.8 Å². The Morgan fingerprint density at radius 2 is 2.12 bits per heavy atom. The van der Waals surface area contributed by atoms with E-state index in [1.54, 1.807) is 6.20 Å². The Labute approximate surface area is 106 Å². The average Bonchev–Trinajstić information content (AvgIpc) is 2.37. The van der Waals surface area contributed by atoms with Gasteiger partial charge in [0.2, 0.25) is 0 Å². The molecule has 2 aromatic rings. The molecule has 3 heteroatoms. The van der Waals surface area contributed by atoms with Crippen molar-refractivity contribution in [2.45, 2.75) is 18.9 Å². The molecule has 1 atom stereocenters. The van der Waals surface area contributed by atoms with E-state index in [1.165, 1.54) is 5.56 Å². The second kappa shape index (κ2) is 5.80. The molecule has 1 unspecified atom stereocenters. The van der Waals surface area contributed by atoms with Crippen LogP contribution in [0.3, 0.4) is 0 Å². The molecule has 0 fully saturated rings. The lowest BCUT2D eigenvalue weighted by atomic mass is 10.0. The molecule has 88 valence electrons. The number of halogens is 1. The first-order chi connectivity index (χ1) is 8.25. The van der Waals surface area contributed by atoms with E-state index in [0.29, 0.717) is 0 Å². The molecule has 0 aliphatic rings. The standard InChI is InChI=1S/C14H15ClN2/c15-13-5-1-4-12(9-13)14(16)7-6-11-3-2-8-17-10-11/h1-5,8-10,14H,6-7,16H2. The Bertz CT molecular complexity index is 471. The molecular formula is C14H15ClN2. The molecule has 0 radical (unpaired) electrons. The van der Waals surface area contributed by atoms with Gasteiger partial charge in [0.05, 0.1) is 0 Å². The molecule has 0 amide bonds. The molecular weight excluding hydrogens is 232 g/mol. The fourth-order valence-electron chi connectivity index (χ4n) is 1.77. The van der Waals surface area contributed by atoms with Crippen molar-refractivity contribution >= 4 is 11.6 Å². The number of nitrogens with zero attached hydrogens (tertiary/aromatic N) is 1. The summed E-state index contributed by atoms with van der Waals surface area (Å²) in [6.07, 6.45) is 5.48. The third-order valence-electron chi connectivity index (χ3n) is 2.74. The highest BCUT2D eigenvalue weighted by molar-refractivity contribution is 6.30. The van der Waals surface area contributed by atoms with E-state index in [1.807, 2.05) is 36.5 Å². The smallest absolute Gasteiger partial charge is 0.0409 e. The van der Waals surface area contributed by atoms with Gasteiger partial charge in [-0.2, -0.15) is 0 Å². The van der Waals surface area contributed by atoms with Crippen molar-refractivity contribution < 1.29 is 0 Å². The Kier molecular flexibility index (Phi) is 4.13. The van der Waals surface area contributed by atoms with Gasteiger partial charge in [0.15, 0.2) is 0 Å². The molecule has 17 heavy (non-hydrogen) atoms. The minimum Gasteiger partial charge on any atom is -0.324 e. The lowest BCUT2D eigenvalue weighted by molar-refractivity contribution is 0.650. The van der Waals surface area contributed by atoms with Crippen LogP contribution >= 0.6 is 11.6 Å². The van der Waals surface area contributed by atoms with E-state index in [9.17, 15) is 0 Å². The van der Waals surface area contributed by atoms with E-state index >= 15 is 0 Å². The van der Waals surface area contributed by atoms with Crippen LogP contribution in [-0.4, -0.2) is 4.98 Å². The molecule has 2 rings (SSSR count). The molecule has 0 aliphatic carbocycles. The number of benzene rings is 1. The number of rotatable bonds is 4. The maximum Gasteiger partial charge on any atom is 0.0409 e. The maximum absolute atomic E-state index is 6.13. The van der Waals surface area contributed by atoms with Crippen molar-refractivity contribution in [3.63, 3.8) is 0 Å². The van der Waals surface area contributed by atoms with E-state index < -0.39 is 0 Å². The average molecular weight is 247 g/mol. The summed E-state index contributed by atoms with van der Waals surface area (Å²) in [4.78, 5) is 4.09. The SMILES string of the molecule is NC(CCc1cccnc1)c1cccc(Cl)c1. The Morgan fingerprint density at radius 3 is 2.82 bits per heavy atom. The molecule has 0 saturated carbocycles. The van der Waals surface area contributed by atoms with Crippen molar-refractivity contribution in [1.82, 2.24) is 4.98 Å². The van der Waals surface area contributed by atoms with Gasteiger partial charge >= 0.3 is 0 Å².